The number of hydrogen-bond donors (Lipinski definition) is 2. The minimum atomic E-state index is 0. The fourth-order valence-corrected chi connectivity index (χ4v) is 2.93. The quantitative estimate of drug-likeness (QED) is 0.867. The van der Waals surface area contributed by atoms with Crippen LogP contribution in [-0.2, 0) is 4.79 Å². The van der Waals surface area contributed by atoms with Gasteiger partial charge in [0, 0.05) is 17.0 Å². The maximum absolute atomic E-state index is 12.4. The first-order valence-corrected chi connectivity index (χ1v) is 7.46. The van der Waals surface area contributed by atoms with E-state index in [2.05, 4.69) is 5.32 Å². The number of carbonyl (C=O) groups excluding carboxylic acids is 1. The molecule has 0 radical (unpaired) electrons. The van der Waals surface area contributed by atoms with Crippen LogP contribution in [0.2, 0.25) is 5.02 Å². The van der Waals surface area contributed by atoms with Crippen molar-refractivity contribution in [3.05, 3.63) is 23.2 Å². The molecule has 0 aliphatic heterocycles. The molecule has 0 heterocycles. The molecule has 2 atom stereocenters. The van der Waals surface area contributed by atoms with Crippen LogP contribution in [0.4, 0.5) is 5.69 Å². The Kier molecular flexibility index (Phi) is 7.29. The van der Waals surface area contributed by atoms with Crippen molar-refractivity contribution in [2.24, 2.45) is 17.6 Å². The summed E-state index contributed by atoms with van der Waals surface area (Å²) in [4.78, 5) is 12.4. The van der Waals surface area contributed by atoms with E-state index in [1.54, 1.807) is 18.2 Å². The molecule has 0 saturated heterocycles. The number of rotatable bonds is 5. The lowest BCUT2D eigenvalue weighted by atomic mass is 9.95. The van der Waals surface area contributed by atoms with Gasteiger partial charge in [0.05, 0.1) is 12.3 Å². The van der Waals surface area contributed by atoms with Gasteiger partial charge in [0.2, 0.25) is 5.91 Å². The van der Waals surface area contributed by atoms with E-state index in [1.165, 1.54) is 0 Å². The molecule has 0 unspecified atom stereocenters. The summed E-state index contributed by atoms with van der Waals surface area (Å²) >= 11 is 5.95. The van der Waals surface area contributed by atoms with Gasteiger partial charge in [0.25, 0.3) is 0 Å². The smallest absolute Gasteiger partial charge is 0.227 e. The van der Waals surface area contributed by atoms with E-state index < -0.39 is 0 Å². The summed E-state index contributed by atoms with van der Waals surface area (Å²) < 4.78 is 5.51. The normalized spacial score (nSPS) is 20.7. The third kappa shape index (κ3) is 4.50. The number of halogens is 2. The van der Waals surface area contributed by atoms with Gasteiger partial charge < -0.3 is 15.8 Å². The largest absolute Gasteiger partial charge is 0.492 e. The van der Waals surface area contributed by atoms with Gasteiger partial charge in [0.1, 0.15) is 5.75 Å². The van der Waals surface area contributed by atoms with Gasteiger partial charge in [-0.15, -0.1) is 12.4 Å². The molecule has 2 rings (SSSR count). The van der Waals surface area contributed by atoms with E-state index in [-0.39, 0.29) is 30.2 Å². The van der Waals surface area contributed by atoms with E-state index in [9.17, 15) is 4.79 Å². The number of anilines is 1. The van der Waals surface area contributed by atoms with Crippen molar-refractivity contribution >= 4 is 35.6 Å². The molecular formula is C15H22Cl2N2O2. The molecule has 0 bridgehead atoms. The van der Waals surface area contributed by atoms with E-state index in [0.29, 0.717) is 29.6 Å². The van der Waals surface area contributed by atoms with Gasteiger partial charge in [-0.2, -0.15) is 0 Å². The molecule has 1 aromatic rings. The monoisotopic (exact) mass is 332 g/mol. The SMILES string of the molecule is CCOc1cc(Cl)ccc1NC(=O)[C@@H]1CCC[C@@H]1CN.Cl. The summed E-state index contributed by atoms with van der Waals surface area (Å²) in [5.41, 5.74) is 6.40. The van der Waals surface area contributed by atoms with Crippen molar-refractivity contribution in [1.29, 1.82) is 0 Å². The van der Waals surface area contributed by atoms with Crippen molar-refractivity contribution in [2.75, 3.05) is 18.5 Å². The van der Waals surface area contributed by atoms with Crippen LogP contribution in [0.25, 0.3) is 0 Å². The topological polar surface area (TPSA) is 64.3 Å². The number of amides is 1. The number of carbonyl (C=O) groups is 1. The molecule has 1 fully saturated rings. The number of ether oxygens (including phenoxy) is 1. The van der Waals surface area contributed by atoms with Crippen LogP contribution >= 0.6 is 24.0 Å². The summed E-state index contributed by atoms with van der Waals surface area (Å²) in [7, 11) is 0. The maximum atomic E-state index is 12.4. The molecule has 1 aliphatic carbocycles. The molecule has 118 valence electrons. The summed E-state index contributed by atoms with van der Waals surface area (Å²) in [5.74, 6) is 0.930. The van der Waals surface area contributed by atoms with Crippen LogP contribution in [0.15, 0.2) is 18.2 Å². The molecule has 1 aliphatic rings. The summed E-state index contributed by atoms with van der Waals surface area (Å²) in [6.45, 7) is 2.99. The first kappa shape index (κ1) is 18.1. The zero-order valence-corrected chi connectivity index (χ0v) is 13.7. The third-order valence-corrected chi connectivity index (χ3v) is 4.04. The number of nitrogens with one attached hydrogen (secondary N) is 1. The molecule has 21 heavy (non-hydrogen) atoms. The molecule has 1 aromatic carbocycles. The van der Waals surface area contributed by atoms with Crippen molar-refractivity contribution in [3.8, 4) is 5.75 Å². The lowest BCUT2D eigenvalue weighted by Gasteiger charge is -2.18. The van der Waals surface area contributed by atoms with Crippen LogP contribution in [0.1, 0.15) is 26.2 Å². The number of hydrogen-bond acceptors (Lipinski definition) is 3. The predicted molar refractivity (Wildman–Crippen MR) is 88.4 cm³/mol. The Morgan fingerprint density at radius 2 is 2.24 bits per heavy atom. The van der Waals surface area contributed by atoms with Crippen LogP contribution in [0.3, 0.4) is 0 Å². The summed E-state index contributed by atoms with van der Waals surface area (Å²) in [6, 6.07) is 5.24. The highest BCUT2D eigenvalue weighted by Gasteiger charge is 2.32. The van der Waals surface area contributed by atoms with Crippen LogP contribution in [0, 0.1) is 11.8 Å². The zero-order chi connectivity index (χ0) is 14.5. The van der Waals surface area contributed by atoms with Gasteiger partial charge in [-0.25, -0.2) is 0 Å². The minimum absolute atomic E-state index is 0. The fourth-order valence-electron chi connectivity index (χ4n) is 2.76. The minimum Gasteiger partial charge on any atom is -0.492 e. The first-order valence-electron chi connectivity index (χ1n) is 7.09. The van der Waals surface area contributed by atoms with Gasteiger partial charge >= 0.3 is 0 Å². The van der Waals surface area contributed by atoms with Gasteiger partial charge in [0.15, 0.2) is 0 Å². The Labute approximate surface area is 136 Å². The molecule has 1 saturated carbocycles. The second-order valence-corrected chi connectivity index (χ2v) is 5.53. The molecule has 0 spiro atoms. The predicted octanol–water partition coefficient (Wildman–Crippen LogP) is 3.47. The second kappa shape index (κ2) is 8.47. The molecule has 4 nitrogen and oxygen atoms in total. The van der Waals surface area contributed by atoms with Crippen molar-refractivity contribution in [2.45, 2.75) is 26.2 Å². The second-order valence-electron chi connectivity index (χ2n) is 5.10. The van der Waals surface area contributed by atoms with Gasteiger partial charge in [-0.05, 0) is 44.4 Å². The van der Waals surface area contributed by atoms with Crippen molar-refractivity contribution < 1.29 is 9.53 Å². The summed E-state index contributed by atoms with van der Waals surface area (Å²) in [6.07, 6.45) is 3.01. The van der Waals surface area contributed by atoms with E-state index in [4.69, 9.17) is 22.1 Å². The molecule has 1 amide bonds. The van der Waals surface area contributed by atoms with Gasteiger partial charge in [-0.1, -0.05) is 18.0 Å². The highest BCUT2D eigenvalue weighted by Crippen LogP contribution is 2.34. The number of benzene rings is 1. The Bertz CT molecular complexity index is 483. The maximum Gasteiger partial charge on any atom is 0.227 e. The molecular weight excluding hydrogens is 311 g/mol. The summed E-state index contributed by atoms with van der Waals surface area (Å²) in [5, 5.41) is 3.54. The molecule has 3 N–H and O–H groups in total. The molecule has 0 aromatic heterocycles. The van der Waals surface area contributed by atoms with Crippen LogP contribution < -0.4 is 15.8 Å². The third-order valence-electron chi connectivity index (χ3n) is 3.80. The Morgan fingerprint density at radius 1 is 1.48 bits per heavy atom. The number of nitrogens with two attached hydrogens (primary N) is 1. The van der Waals surface area contributed by atoms with Crippen LogP contribution in [-0.4, -0.2) is 19.1 Å². The van der Waals surface area contributed by atoms with Gasteiger partial charge in [-0.3, -0.25) is 4.79 Å². The van der Waals surface area contributed by atoms with Crippen molar-refractivity contribution in [3.63, 3.8) is 0 Å². The average Bonchev–Trinajstić information content (AvgIpc) is 2.90. The fraction of sp³-hybridized carbons (Fsp3) is 0.533. The lowest BCUT2D eigenvalue weighted by molar-refractivity contribution is -0.120. The highest BCUT2D eigenvalue weighted by atomic mass is 35.5. The average molecular weight is 333 g/mol. The van der Waals surface area contributed by atoms with Crippen LogP contribution in [0.5, 0.6) is 5.75 Å². The van der Waals surface area contributed by atoms with E-state index >= 15 is 0 Å². The van der Waals surface area contributed by atoms with E-state index in [1.807, 2.05) is 6.92 Å². The Balaban J connectivity index is 0.00000220. The zero-order valence-electron chi connectivity index (χ0n) is 12.1. The lowest BCUT2D eigenvalue weighted by Crippen LogP contribution is -2.29. The highest BCUT2D eigenvalue weighted by molar-refractivity contribution is 6.30. The van der Waals surface area contributed by atoms with E-state index in [0.717, 1.165) is 19.3 Å². The Hall–Kier alpha value is -0.970. The molecule has 6 heteroatoms. The Morgan fingerprint density at radius 3 is 2.90 bits per heavy atom. The first-order chi connectivity index (χ1) is 9.65. The van der Waals surface area contributed by atoms with Crippen molar-refractivity contribution in [1.82, 2.24) is 0 Å². The standard InChI is InChI=1S/C15H21ClN2O2.ClH/c1-2-20-14-8-11(16)6-7-13(14)18-15(19)12-5-3-4-10(12)9-17;/h6-8,10,12H,2-5,9,17H2,1H3,(H,18,19);1H/t10-,12-;/m1./s1.